The zero-order valence-electron chi connectivity index (χ0n) is 9.88. The van der Waals surface area contributed by atoms with Gasteiger partial charge in [0.2, 0.25) is 0 Å². The molecular formula is C15H11BrO3. The van der Waals surface area contributed by atoms with Gasteiger partial charge in [-0.15, -0.1) is 0 Å². The molecule has 2 aromatic carbocycles. The van der Waals surface area contributed by atoms with E-state index in [9.17, 15) is 9.90 Å². The number of aromatic hydroxyl groups is 2. The van der Waals surface area contributed by atoms with Crippen molar-refractivity contribution < 1.29 is 15.0 Å². The highest BCUT2D eigenvalue weighted by Crippen LogP contribution is 2.23. The predicted octanol–water partition coefficient (Wildman–Crippen LogP) is 3.76. The predicted molar refractivity (Wildman–Crippen MR) is 77.3 cm³/mol. The number of halogens is 1. The molecule has 0 aliphatic carbocycles. The fourth-order valence-corrected chi connectivity index (χ4v) is 1.83. The standard InChI is InChI=1S/C15H11BrO3/c16-11-4-1-10(2-5-11)3-8-14(18)13-7-6-12(17)9-15(13)19/h1-9,17,19H. The van der Waals surface area contributed by atoms with E-state index in [1.807, 2.05) is 24.3 Å². The van der Waals surface area contributed by atoms with Crippen LogP contribution < -0.4 is 0 Å². The zero-order valence-corrected chi connectivity index (χ0v) is 11.5. The zero-order chi connectivity index (χ0) is 13.8. The summed E-state index contributed by atoms with van der Waals surface area (Å²) >= 11 is 3.33. The van der Waals surface area contributed by atoms with Crippen LogP contribution in [-0.2, 0) is 0 Å². The van der Waals surface area contributed by atoms with Crippen molar-refractivity contribution in [1.82, 2.24) is 0 Å². The quantitative estimate of drug-likeness (QED) is 0.669. The van der Waals surface area contributed by atoms with Crippen LogP contribution in [0.2, 0.25) is 0 Å². The lowest BCUT2D eigenvalue weighted by atomic mass is 10.1. The Bertz CT molecular complexity index is 630. The van der Waals surface area contributed by atoms with Crippen molar-refractivity contribution in [3.63, 3.8) is 0 Å². The molecule has 96 valence electrons. The molecule has 2 N–H and O–H groups in total. The summed E-state index contributed by atoms with van der Waals surface area (Å²) in [5.74, 6) is -0.628. The first-order valence-electron chi connectivity index (χ1n) is 5.56. The van der Waals surface area contributed by atoms with Crippen molar-refractivity contribution in [1.29, 1.82) is 0 Å². The van der Waals surface area contributed by atoms with Crippen molar-refractivity contribution in [2.75, 3.05) is 0 Å². The van der Waals surface area contributed by atoms with E-state index in [1.165, 1.54) is 18.2 Å². The van der Waals surface area contributed by atoms with Crippen LogP contribution in [0.3, 0.4) is 0 Å². The maximum atomic E-state index is 11.9. The van der Waals surface area contributed by atoms with E-state index >= 15 is 0 Å². The molecule has 0 amide bonds. The van der Waals surface area contributed by atoms with Gasteiger partial charge in [-0.25, -0.2) is 0 Å². The van der Waals surface area contributed by atoms with E-state index in [0.717, 1.165) is 16.1 Å². The minimum absolute atomic E-state index is 0.0778. The molecule has 0 aliphatic rings. The van der Waals surface area contributed by atoms with Crippen LogP contribution in [0.1, 0.15) is 15.9 Å². The van der Waals surface area contributed by atoms with E-state index in [-0.39, 0.29) is 22.8 Å². The van der Waals surface area contributed by atoms with Gasteiger partial charge in [0.05, 0.1) is 5.56 Å². The monoisotopic (exact) mass is 318 g/mol. The molecule has 0 aromatic heterocycles. The average molecular weight is 319 g/mol. The molecule has 2 rings (SSSR count). The first-order chi connectivity index (χ1) is 9.06. The summed E-state index contributed by atoms with van der Waals surface area (Å²) in [4.78, 5) is 11.9. The number of allylic oxidation sites excluding steroid dienone is 1. The van der Waals surface area contributed by atoms with E-state index in [2.05, 4.69) is 15.9 Å². The Morgan fingerprint density at radius 3 is 2.37 bits per heavy atom. The van der Waals surface area contributed by atoms with Crippen molar-refractivity contribution in [2.24, 2.45) is 0 Å². The molecule has 0 bridgehead atoms. The Labute approximate surface area is 119 Å². The van der Waals surface area contributed by atoms with Gasteiger partial charge < -0.3 is 10.2 Å². The Balaban J connectivity index is 2.18. The molecule has 2 aromatic rings. The number of phenols is 2. The fraction of sp³-hybridized carbons (Fsp3) is 0. The molecule has 0 unspecified atom stereocenters. The molecule has 19 heavy (non-hydrogen) atoms. The molecule has 0 fully saturated rings. The minimum Gasteiger partial charge on any atom is -0.508 e. The summed E-state index contributed by atoms with van der Waals surface area (Å²) in [6.07, 6.45) is 3.05. The number of benzene rings is 2. The molecule has 0 saturated heterocycles. The van der Waals surface area contributed by atoms with Crippen LogP contribution in [0, 0.1) is 0 Å². The first-order valence-corrected chi connectivity index (χ1v) is 6.35. The minimum atomic E-state index is -0.319. The van der Waals surface area contributed by atoms with Crippen molar-refractivity contribution >= 4 is 27.8 Å². The smallest absolute Gasteiger partial charge is 0.189 e. The number of ketones is 1. The average Bonchev–Trinajstić information content (AvgIpc) is 2.37. The highest BCUT2D eigenvalue weighted by Gasteiger charge is 2.08. The van der Waals surface area contributed by atoms with Crippen LogP contribution in [0.15, 0.2) is 53.0 Å². The van der Waals surface area contributed by atoms with E-state index < -0.39 is 0 Å². The second-order valence-corrected chi connectivity index (χ2v) is 4.87. The van der Waals surface area contributed by atoms with Gasteiger partial charge in [-0.3, -0.25) is 4.79 Å². The van der Waals surface area contributed by atoms with Gasteiger partial charge in [-0.2, -0.15) is 0 Å². The normalized spacial score (nSPS) is 10.8. The topological polar surface area (TPSA) is 57.5 Å². The van der Waals surface area contributed by atoms with Crippen LogP contribution in [-0.4, -0.2) is 16.0 Å². The first kappa shape index (κ1) is 13.4. The Kier molecular flexibility index (Phi) is 4.02. The third-order valence-electron chi connectivity index (χ3n) is 2.54. The largest absolute Gasteiger partial charge is 0.508 e. The van der Waals surface area contributed by atoms with Crippen molar-refractivity contribution in [3.8, 4) is 11.5 Å². The second-order valence-electron chi connectivity index (χ2n) is 3.95. The highest BCUT2D eigenvalue weighted by atomic mass is 79.9. The highest BCUT2D eigenvalue weighted by molar-refractivity contribution is 9.10. The van der Waals surface area contributed by atoms with Crippen molar-refractivity contribution in [2.45, 2.75) is 0 Å². The summed E-state index contributed by atoms with van der Waals surface area (Å²) in [5, 5.41) is 18.7. The Morgan fingerprint density at radius 2 is 1.74 bits per heavy atom. The van der Waals surface area contributed by atoms with Gasteiger partial charge in [0.15, 0.2) is 5.78 Å². The molecule has 0 spiro atoms. The SMILES string of the molecule is O=C(C=Cc1ccc(Br)cc1)c1ccc(O)cc1O. The van der Waals surface area contributed by atoms with Gasteiger partial charge >= 0.3 is 0 Å². The van der Waals surface area contributed by atoms with Gasteiger partial charge in [-0.1, -0.05) is 34.1 Å². The summed E-state index contributed by atoms with van der Waals surface area (Å²) in [6, 6.07) is 11.4. The van der Waals surface area contributed by atoms with Crippen LogP contribution >= 0.6 is 15.9 Å². The number of phenolic OH excluding ortho intramolecular Hbond substituents is 2. The van der Waals surface area contributed by atoms with Gasteiger partial charge in [-0.05, 0) is 35.9 Å². The Morgan fingerprint density at radius 1 is 1.05 bits per heavy atom. The fourth-order valence-electron chi connectivity index (χ4n) is 1.56. The van der Waals surface area contributed by atoms with E-state index in [4.69, 9.17) is 5.11 Å². The summed E-state index contributed by atoms with van der Waals surface area (Å²) in [6.45, 7) is 0. The van der Waals surface area contributed by atoms with E-state index in [0.29, 0.717) is 0 Å². The van der Waals surface area contributed by atoms with Gasteiger partial charge in [0.25, 0.3) is 0 Å². The molecule has 0 saturated carbocycles. The third kappa shape index (κ3) is 3.45. The molecule has 0 atom stereocenters. The summed E-state index contributed by atoms with van der Waals surface area (Å²) in [7, 11) is 0. The summed E-state index contributed by atoms with van der Waals surface area (Å²) in [5.41, 5.74) is 1.04. The van der Waals surface area contributed by atoms with Crippen LogP contribution in [0.4, 0.5) is 0 Å². The number of hydrogen-bond donors (Lipinski definition) is 2. The lowest BCUT2D eigenvalue weighted by Crippen LogP contribution is -1.94. The molecule has 0 radical (unpaired) electrons. The molecular weight excluding hydrogens is 308 g/mol. The number of rotatable bonds is 3. The number of carbonyl (C=O) groups excluding carboxylic acids is 1. The number of hydrogen-bond acceptors (Lipinski definition) is 3. The van der Waals surface area contributed by atoms with Crippen molar-refractivity contribution in [3.05, 3.63) is 64.1 Å². The maximum Gasteiger partial charge on any atom is 0.189 e. The second kappa shape index (κ2) is 5.71. The van der Waals surface area contributed by atoms with Crippen LogP contribution in [0.25, 0.3) is 6.08 Å². The molecule has 3 nitrogen and oxygen atoms in total. The lowest BCUT2D eigenvalue weighted by Gasteiger charge is -2.01. The number of carbonyl (C=O) groups is 1. The lowest BCUT2D eigenvalue weighted by molar-refractivity contribution is 0.104. The molecule has 0 heterocycles. The van der Waals surface area contributed by atoms with Crippen LogP contribution in [0.5, 0.6) is 11.5 Å². The van der Waals surface area contributed by atoms with E-state index in [1.54, 1.807) is 6.08 Å². The van der Waals surface area contributed by atoms with Gasteiger partial charge in [0.1, 0.15) is 11.5 Å². The molecule has 4 heteroatoms. The maximum absolute atomic E-state index is 11.9. The third-order valence-corrected chi connectivity index (χ3v) is 3.07. The molecule has 0 aliphatic heterocycles. The Hall–Kier alpha value is -2.07. The van der Waals surface area contributed by atoms with Gasteiger partial charge in [0, 0.05) is 10.5 Å². The summed E-state index contributed by atoms with van der Waals surface area (Å²) < 4.78 is 0.965.